The van der Waals surface area contributed by atoms with Gasteiger partial charge in [0.2, 0.25) is 0 Å². The lowest BCUT2D eigenvalue weighted by Crippen LogP contribution is -2.37. The quantitative estimate of drug-likeness (QED) is 0.442. The highest BCUT2D eigenvalue weighted by atomic mass is 16.1. The van der Waals surface area contributed by atoms with Gasteiger partial charge in [0.1, 0.15) is 6.79 Å². The first-order valence-corrected chi connectivity index (χ1v) is 2.94. The number of hydrogen-bond donors (Lipinski definition) is 2. The Morgan fingerprint density at radius 2 is 1.55 bits per heavy atom. The van der Waals surface area contributed by atoms with Crippen LogP contribution in [0.4, 0.5) is 5.69 Å². The molecule has 0 spiro atoms. The van der Waals surface area contributed by atoms with Crippen LogP contribution in [0.2, 0.25) is 0 Å². The van der Waals surface area contributed by atoms with Crippen LogP contribution in [0, 0.1) is 0 Å². The molecule has 1 aromatic rings. The molecule has 0 saturated heterocycles. The van der Waals surface area contributed by atoms with E-state index in [1.165, 1.54) is 0 Å². The van der Waals surface area contributed by atoms with E-state index in [-0.39, 0.29) is 0 Å². The fraction of sp³-hybridized carbons (Fsp3) is 0. The topological polar surface area (TPSA) is 72.4 Å². The van der Waals surface area contributed by atoms with Crippen LogP contribution in [0.1, 0.15) is 0 Å². The van der Waals surface area contributed by atoms with Gasteiger partial charge < -0.3 is 4.79 Å². The van der Waals surface area contributed by atoms with Gasteiger partial charge >= 0.3 is 0 Å². The van der Waals surface area contributed by atoms with E-state index in [0.29, 0.717) is 0 Å². The minimum absolute atomic E-state index is 0.803. The fourth-order valence-corrected chi connectivity index (χ4v) is 0.600. The zero-order valence-corrected chi connectivity index (χ0v) is 6.10. The number of anilines is 1. The highest BCUT2D eigenvalue weighted by Gasteiger charge is 1.88. The number of para-hydroxylation sites is 1. The first-order chi connectivity index (χ1) is 5.30. The third-order valence-electron chi connectivity index (χ3n) is 1.05. The van der Waals surface area contributed by atoms with Crippen LogP contribution in [0.5, 0.6) is 0 Å². The van der Waals surface area contributed by atoms with Crippen LogP contribution in [0.15, 0.2) is 30.3 Å². The summed E-state index contributed by atoms with van der Waals surface area (Å²) in [5.41, 5.74) is 0.803. The summed E-state index contributed by atoms with van der Waals surface area (Å²) in [5.74, 6) is 10.4. The van der Waals surface area contributed by atoms with Crippen molar-refractivity contribution < 1.29 is 4.79 Å². The lowest BCUT2D eigenvalue weighted by atomic mass is 10.3. The van der Waals surface area contributed by atoms with Crippen molar-refractivity contribution in [3.8, 4) is 0 Å². The van der Waals surface area contributed by atoms with Gasteiger partial charge in [-0.05, 0) is 12.1 Å². The van der Waals surface area contributed by atoms with Crippen LogP contribution < -0.4 is 16.8 Å². The Kier molecular flexibility index (Phi) is 4.72. The van der Waals surface area contributed by atoms with Crippen molar-refractivity contribution in [1.82, 2.24) is 0 Å². The van der Waals surface area contributed by atoms with Gasteiger partial charge in [0.25, 0.3) is 0 Å². The molecule has 0 fully saturated rings. The summed E-state index contributed by atoms with van der Waals surface area (Å²) in [4.78, 5) is 8.00. The molecule has 0 amide bonds. The highest BCUT2D eigenvalue weighted by molar-refractivity contribution is 5.42. The smallest absolute Gasteiger partial charge is 0.106 e. The molecule has 0 radical (unpaired) electrons. The number of hydrogen-bond acceptors (Lipinski definition) is 4. The molecule has 0 aliphatic heterocycles. The predicted molar refractivity (Wildman–Crippen MR) is 44.4 cm³/mol. The van der Waals surface area contributed by atoms with Crippen molar-refractivity contribution in [2.75, 3.05) is 5.12 Å². The third-order valence-corrected chi connectivity index (χ3v) is 1.05. The number of carbonyl (C=O) groups is 1. The van der Waals surface area contributed by atoms with Crippen molar-refractivity contribution in [3.63, 3.8) is 0 Å². The zero-order chi connectivity index (χ0) is 8.69. The molecule has 0 saturated carbocycles. The average Bonchev–Trinajstić information content (AvgIpc) is 2.10. The minimum Gasteiger partial charge on any atom is -0.307 e. The SMILES string of the molecule is C=O.NN(N)c1ccccc1. The normalized spacial score (nSPS) is 7.82. The third kappa shape index (κ3) is 3.34. The second kappa shape index (κ2) is 5.40. The lowest BCUT2D eigenvalue weighted by Gasteiger charge is -2.09. The minimum atomic E-state index is 0.803. The Labute approximate surface area is 65.3 Å². The van der Waals surface area contributed by atoms with Crippen molar-refractivity contribution >= 4 is 12.5 Å². The van der Waals surface area contributed by atoms with E-state index in [1.807, 2.05) is 37.1 Å². The number of nitrogens with two attached hydrogens (primary N) is 2. The molecular formula is C7H11N3O. The Morgan fingerprint density at radius 3 is 1.82 bits per heavy atom. The average molecular weight is 153 g/mol. The summed E-state index contributed by atoms with van der Waals surface area (Å²) in [6.45, 7) is 2.00. The molecule has 0 heterocycles. The molecule has 0 aromatic heterocycles. The molecule has 60 valence electrons. The number of rotatable bonds is 1. The molecule has 1 rings (SSSR count). The van der Waals surface area contributed by atoms with Crippen molar-refractivity contribution in [1.29, 1.82) is 0 Å². The second-order valence-corrected chi connectivity index (χ2v) is 1.74. The molecule has 0 unspecified atom stereocenters. The van der Waals surface area contributed by atoms with Crippen LogP contribution in [-0.2, 0) is 4.79 Å². The number of benzene rings is 1. The Morgan fingerprint density at radius 1 is 1.09 bits per heavy atom. The van der Waals surface area contributed by atoms with Gasteiger partial charge in [-0.25, -0.2) is 16.8 Å². The maximum atomic E-state index is 8.00. The first-order valence-electron chi connectivity index (χ1n) is 2.94. The predicted octanol–water partition coefficient (Wildman–Crippen LogP) is 0.0555. The molecule has 0 bridgehead atoms. The van der Waals surface area contributed by atoms with Gasteiger partial charge in [0, 0.05) is 0 Å². The van der Waals surface area contributed by atoms with Crippen LogP contribution >= 0.6 is 0 Å². The number of hydrazine groups is 2. The largest absolute Gasteiger partial charge is 0.307 e. The van der Waals surface area contributed by atoms with Crippen molar-refractivity contribution in [3.05, 3.63) is 30.3 Å². The van der Waals surface area contributed by atoms with E-state index in [4.69, 9.17) is 16.5 Å². The Balaban J connectivity index is 0.000000461. The number of nitrogens with zero attached hydrogens (tertiary/aromatic N) is 1. The molecule has 4 N–H and O–H groups in total. The second-order valence-electron chi connectivity index (χ2n) is 1.74. The first kappa shape index (κ1) is 9.61. The van der Waals surface area contributed by atoms with Crippen LogP contribution in [0.3, 0.4) is 0 Å². The molecule has 4 heteroatoms. The Hall–Kier alpha value is -1.39. The standard InChI is InChI=1S/C6H9N3.CH2O/c7-9(8)6-4-2-1-3-5-6;1-2/h1-5H,7-8H2;1H2. The highest BCUT2D eigenvalue weighted by Crippen LogP contribution is 2.04. The van der Waals surface area contributed by atoms with E-state index in [2.05, 4.69) is 0 Å². The maximum absolute atomic E-state index is 8.00. The van der Waals surface area contributed by atoms with Crippen LogP contribution in [-0.4, -0.2) is 6.79 Å². The van der Waals surface area contributed by atoms with Crippen LogP contribution in [0.25, 0.3) is 0 Å². The summed E-state index contributed by atoms with van der Waals surface area (Å²) in [7, 11) is 0. The molecule has 11 heavy (non-hydrogen) atoms. The molecule has 1 aromatic carbocycles. The summed E-state index contributed by atoms with van der Waals surface area (Å²) < 4.78 is 0. The van der Waals surface area contributed by atoms with Gasteiger partial charge in [-0.2, -0.15) is 0 Å². The summed E-state index contributed by atoms with van der Waals surface area (Å²) in [6.07, 6.45) is 0. The molecule has 0 aliphatic carbocycles. The molecular weight excluding hydrogens is 142 g/mol. The van der Waals surface area contributed by atoms with Gasteiger partial charge in [-0.15, -0.1) is 0 Å². The molecule has 0 atom stereocenters. The van der Waals surface area contributed by atoms with E-state index >= 15 is 0 Å². The molecule has 4 nitrogen and oxygen atoms in total. The van der Waals surface area contributed by atoms with Crippen molar-refractivity contribution in [2.24, 2.45) is 11.7 Å². The van der Waals surface area contributed by atoms with E-state index < -0.39 is 0 Å². The lowest BCUT2D eigenvalue weighted by molar-refractivity contribution is -0.0979. The Bertz CT molecular complexity index is 188. The number of carbonyl (C=O) groups excluding carboxylic acids is 1. The zero-order valence-electron chi connectivity index (χ0n) is 6.10. The van der Waals surface area contributed by atoms with Crippen molar-refractivity contribution in [2.45, 2.75) is 0 Å². The van der Waals surface area contributed by atoms with Gasteiger partial charge in [0.15, 0.2) is 0 Å². The van der Waals surface area contributed by atoms with Gasteiger partial charge in [0.05, 0.1) is 5.69 Å². The fourth-order valence-electron chi connectivity index (χ4n) is 0.600. The van der Waals surface area contributed by atoms with E-state index in [9.17, 15) is 0 Å². The van der Waals surface area contributed by atoms with E-state index in [1.54, 1.807) is 0 Å². The monoisotopic (exact) mass is 153 g/mol. The van der Waals surface area contributed by atoms with E-state index in [0.717, 1.165) is 10.8 Å². The summed E-state index contributed by atoms with van der Waals surface area (Å²) in [5, 5.41) is 1.08. The maximum Gasteiger partial charge on any atom is 0.106 e. The molecule has 0 aliphatic rings. The van der Waals surface area contributed by atoms with Gasteiger partial charge in [-0.1, -0.05) is 18.2 Å². The summed E-state index contributed by atoms with van der Waals surface area (Å²) in [6, 6.07) is 9.33. The summed E-state index contributed by atoms with van der Waals surface area (Å²) >= 11 is 0. The van der Waals surface area contributed by atoms with Gasteiger partial charge in [-0.3, -0.25) is 0 Å².